The number of hydrogen-bond acceptors (Lipinski definition) is 2. The van der Waals surface area contributed by atoms with Crippen molar-refractivity contribution in [2.45, 2.75) is 71.8 Å². The minimum atomic E-state index is -3.67. The predicted molar refractivity (Wildman–Crippen MR) is 89.3 cm³/mol. The summed E-state index contributed by atoms with van der Waals surface area (Å²) in [5.41, 5.74) is 1.46. The molecule has 0 radical (unpaired) electrons. The molecule has 1 aromatic rings. The molecule has 0 spiro atoms. The van der Waals surface area contributed by atoms with E-state index in [0.717, 1.165) is 6.42 Å². The number of rotatable bonds is 9. The van der Waals surface area contributed by atoms with E-state index in [0.29, 0.717) is 6.26 Å². The van der Waals surface area contributed by atoms with Crippen LogP contribution in [0.15, 0.2) is 18.5 Å². The number of hydrogen-bond donors (Lipinski definition) is 1. The summed E-state index contributed by atoms with van der Waals surface area (Å²) in [6, 6.07) is 2.24. The van der Waals surface area contributed by atoms with Crippen molar-refractivity contribution in [3.8, 4) is 0 Å². The van der Waals surface area contributed by atoms with Crippen LogP contribution in [0.3, 0.4) is 0 Å². The molecule has 0 saturated carbocycles. The fourth-order valence-corrected chi connectivity index (χ4v) is 2.09. The van der Waals surface area contributed by atoms with Crippen LogP contribution in [0.5, 0.6) is 0 Å². The number of unbranched alkanes of at least 4 members (excludes halogenated alkanes) is 6. The first-order chi connectivity index (χ1) is 9.86. The predicted octanol–water partition coefficient (Wildman–Crippen LogP) is 4.31. The second kappa shape index (κ2) is 11.8. The Kier molecular flexibility index (Phi) is 11.4. The summed E-state index contributed by atoms with van der Waals surface area (Å²) in [6.45, 7) is 5.69. The van der Waals surface area contributed by atoms with Crippen molar-refractivity contribution < 1.29 is 13.0 Å². The van der Waals surface area contributed by atoms with Crippen molar-refractivity contribution >= 4 is 10.1 Å². The van der Waals surface area contributed by atoms with Crippen molar-refractivity contribution in [3.05, 3.63) is 24.0 Å². The van der Waals surface area contributed by atoms with Gasteiger partial charge in [0.15, 0.2) is 0 Å². The van der Waals surface area contributed by atoms with E-state index in [1.165, 1.54) is 57.1 Å². The summed E-state index contributed by atoms with van der Waals surface area (Å²) in [7, 11) is -3.67. The van der Waals surface area contributed by atoms with Crippen molar-refractivity contribution in [2.24, 2.45) is 0 Å². The molecule has 1 aromatic heterocycles. The molecule has 1 heterocycles. The van der Waals surface area contributed by atoms with E-state index in [9.17, 15) is 8.42 Å². The van der Waals surface area contributed by atoms with Gasteiger partial charge in [-0.1, -0.05) is 52.4 Å². The van der Waals surface area contributed by atoms with Gasteiger partial charge in [-0.25, -0.2) is 0 Å². The summed E-state index contributed by atoms with van der Waals surface area (Å²) < 4.78 is 28.2. The normalized spacial score (nSPS) is 11.0. The van der Waals surface area contributed by atoms with Crippen LogP contribution in [0.2, 0.25) is 0 Å². The lowest BCUT2D eigenvalue weighted by Gasteiger charge is -2.03. The van der Waals surface area contributed by atoms with Gasteiger partial charge in [-0.2, -0.15) is 8.42 Å². The van der Waals surface area contributed by atoms with E-state index in [-0.39, 0.29) is 0 Å². The van der Waals surface area contributed by atoms with Crippen LogP contribution in [-0.2, 0) is 23.1 Å². The molecule has 0 aromatic carbocycles. The Hall–Kier alpha value is -0.810. The summed E-state index contributed by atoms with van der Waals surface area (Å²) in [4.78, 5) is 0. The maximum Gasteiger partial charge on any atom is 0.261 e. The van der Waals surface area contributed by atoms with E-state index >= 15 is 0 Å². The van der Waals surface area contributed by atoms with Gasteiger partial charge in [0.25, 0.3) is 10.1 Å². The van der Waals surface area contributed by atoms with Crippen LogP contribution in [0.4, 0.5) is 0 Å². The summed E-state index contributed by atoms with van der Waals surface area (Å²) in [6.07, 6.45) is 16.2. The molecule has 5 heteroatoms. The summed E-state index contributed by atoms with van der Waals surface area (Å²) in [5.74, 6) is 0. The molecule has 0 bridgehead atoms. The lowest BCUT2D eigenvalue weighted by molar-refractivity contribution is 0.490. The Balaban J connectivity index is 0.000000690. The monoisotopic (exact) mass is 317 g/mol. The summed E-state index contributed by atoms with van der Waals surface area (Å²) in [5, 5.41) is 0. The maximum atomic E-state index is 9.19. The Bertz CT molecular complexity index is 444. The van der Waals surface area contributed by atoms with Crippen LogP contribution in [0.1, 0.15) is 64.4 Å². The molecule has 21 heavy (non-hydrogen) atoms. The van der Waals surface area contributed by atoms with Gasteiger partial charge in [0, 0.05) is 18.9 Å². The SMILES string of the molecule is CCCCCCCCCn1ccc(CC)c1.CS(=O)(=O)O. The van der Waals surface area contributed by atoms with Crippen LogP contribution in [0, 0.1) is 0 Å². The van der Waals surface area contributed by atoms with Crippen LogP contribution in [0.25, 0.3) is 0 Å². The van der Waals surface area contributed by atoms with Gasteiger partial charge in [0.2, 0.25) is 0 Å². The Labute approximate surface area is 130 Å². The molecule has 0 aliphatic carbocycles. The molecule has 0 saturated heterocycles. The molecule has 0 aliphatic heterocycles. The molecule has 0 atom stereocenters. The molecule has 0 fully saturated rings. The van der Waals surface area contributed by atoms with Crippen LogP contribution >= 0.6 is 0 Å². The molecule has 1 N–H and O–H groups in total. The average Bonchev–Trinajstić information content (AvgIpc) is 2.84. The van der Waals surface area contributed by atoms with E-state index in [1.54, 1.807) is 0 Å². The van der Waals surface area contributed by atoms with Crippen molar-refractivity contribution in [3.63, 3.8) is 0 Å². The molecule has 0 aliphatic rings. The van der Waals surface area contributed by atoms with Gasteiger partial charge in [0.1, 0.15) is 0 Å². The third-order valence-corrected chi connectivity index (χ3v) is 3.24. The topological polar surface area (TPSA) is 59.3 Å². The summed E-state index contributed by atoms with van der Waals surface area (Å²) >= 11 is 0. The maximum absolute atomic E-state index is 9.19. The minimum absolute atomic E-state index is 0.715. The van der Waals surface area contributed by atoms with Crippen molar-refractivity contribution in [1.29, 1.82) is 0 Å². The molecule has 4 nitrogen and oxygen atoms in total. The van der Waals surface area contributed by atoms with E-state index in [4.69, 9.17) is 4.55 Å². The van der Waals surface area contributed by atoms with Gasteiger partial charge in [-0.05, 0) is 24.5 Å². The number of aryl methyl sites for hydroxylation is 2. The first-order valence-corrected chi connectivity index (χ1v) is 9.78. The van der Waals surface area contributed by atoms with E-state index in [1.807, 2.05) is 0 Å². The van der Waals surface area contributed by atoms with Crippen LogP contribution in [-0.4, -0.2) is 23.8 Å². The molecular weight excluding hydrogens is 286 g/mol. The standard InChI is InChI=1S/C15H27N.CH4O3S/c1-3-5-6-7-8-9-10-12-16-13-11-15(4-2)14-16;1-5(2,3)4/h11,13-14H,3-10,12H2,1-2H3;1H3,(H,2,3,4). The fourth-order valence-electron chi connectivity index (χ4n) is 2.09. The largest absolute Gasteiger partial charge is 0.354 e. The quantitative estimate of drug-likeness (QED) is 0.545. The fraction of sp³-hybridized carbons (Fsp3) is 0.750. The lowest BCUT2D eigenvalue weighted by Crippen LogP contribution is -1.94. The zero-order chi connectivity index (χ0) is 16.1. The Morgan fingerprint density at radius 1 is 1.05 bits per heavy atom. The van der Waals surface area contributed by atoms with Crippen molar-refractivity contribution in [2.75, 3.05) is 6.26 Å². The lowest BCUT2D eigenvalue weighted by atomic mass is 10.1. The molecule has 0 amide bonds. The number of nitrogens with zero attached hydrogens (tertiary/aromatic N) is 1. The van der Waals surface area contributed by atoms with Gasteiger partial charge < -0.3 is 4.57 Å². The second-order valence-corrected chi connectivity index (χ2v) is 6.93. The van der Waals surface area contributed by atoms with Gasteiger partial charge in [-0.3, -0.25) is 4.55 Å². The highest BCUT2D eigenvalue weighted by molar-refractivity contribution is 7.85. The number of aromatic nitrogens is 1. The highest BCUT2D eigenvalue weighted by Crippen LogP contribution is 2.09. The van der Waals surface area contributed by atoms with E-state index in [2.05, 4.69) is 36.9 Å². The third-order valence-electron chi connectivity index (χ3n) is 3.24. The van der Waals surface area contributed by atoms with E-state index < -0.39 is 10.1 Å². The smallest absolute Gasteiger partial charge is 0.261 e. The van der Waals surface area contributed by atoms with Gasteiger partial charge in [0.05, 0.1) is 6.26 Å². The Morgan fingerprint density at radius 2 is 1.57 bits per heavy atom. The zero-order valence-electron chi connectivity index (χ0n) is 13.7. The average molecular weight is 317 g/mol. The molecular formula is C16H31NO3S. The molecule has 124 valence electrons. The van der Waals surface area contributed by atoms with Crippen LogP contribution < -0.4 is 0 Å². The second-order valence-electron chi connectivity index (χ2n) is 5.47. The van der Waals surface area contributed by atoms with Gasteiger partial charge >= 0.3 is 0 Å². The first kappa shape index (κ1) is 20.2. The minimum Gasteiger partial charge on any atom is -0.354 e. The Morgan fingerprint density at radius 3 is 2.05 bits per heavy atom. The van der Waals surface area contributed by atoms with Crippen molar-refractivity contribution in [1.82, 2.24) is 4.57 Å². The highest BCUT2D eigenvalue weighted by Gasteiger charge is 1.95. The zero-order valence-corrected chi connectivity index (χ0v) is 14.5. The first-order valence-electron chi connectivity index (χ1n) is 7.94. The third kappa shape index (κ3) is 15.4. The molecule has 0 unspecified atom stereocenters. The molecule has 1 rings (SSSR count). The highest BCUT2D eigenvalue weighted by atomic mass is 32.2. The van der Waals surface area contributed by atoms with Gasteiger partial charge in [-0.15, -0.1) is 0 Å².